The summed E-state index contributed by atoms with van der Waals surface area (Å²) in [6.07, 6.45) is 0.492. The Morgan fingerprint density at radius 2 is 1.90 bits per heavy atom. The number of methoxy groups -OCH3 is 1. The first kappa shape index (κ1) is 24.7. The van der Waals surface area contributed by atoms with Crippen molar-refractivity contribution in [3.8, 4) is 5.75 Å². The smallest absolute Gasteiger partial charge is 0.243 e. The number of nitrogens with zero attached hydrogens (tertiary/aromatic N) is 1. The molecule has 0 heterocycles. The van der Waals surface area contributed by atoms with Crippen molar-refractivity contribution >= 4 is 23.6 Å². The number of nitrogens with one attached hydrogen (secondary N) is 1. The molecular weight excluding hydrogens is 415 g/mol. The van der Waals surface area contributed by atoms with Crippen LogP contribution in [0.5, 0.6) is 5.75 Å². The average Bonchev–Trinajstić information content (AvgIpc) is 2.74. The minimum atomic E-state index is -0.588. The Morgan fingerprint density at radius 3 is 2.55 bits per heavy atom. The van der Waals surface area contributed by atoms with Crippen LogP contribution in [-0.4, -0.2) is 41.7 Å². The molecule has 0 fully saturated rings. The van der Waals surface area contributed by atoms with Crippen molar-refractivity contribution in [2.45, 2.75) is 51.6 Å². The lowest BCUT2D eigenvalue weighted by Gasteiger charge is -2.31. The summed E-state index contributed by atoms with van der Waals surface area (Å²) in [5, 5.41) is 2.91. The summed E-state index contributed by atoms with van der Waals surface area (Å²) in [5.74, 6) is 0.629. The lowest BCUT2D eigenvalue weighted by Crippen LogP contribution is -2.50. The highest BCUT2D eigenvalue weighted by Gasteiger charge is 2.29. The molecule has 7 heteroatoms. The van der Waals surface area contributed by atoms with Gasteiger partial charge in [-0.3, -0.25) is 9.59 Å². The molecule has 0 spiro atoms. The quantitative estimate of drug-likeness (QED) is 0.556. The van der Waals surface area contributed by atoms with E-state index in [4.69, 9.17) is 4.74 Å². The van der Waals surface area contributed by atoms with Gasteiger partial charge in [-0.05, 0) is 49.6 Å². The SMILES string of the molecule is CC[C@H](C(=O)NC(C)C)N(Cc1cccc(OC)c1)C(=O)CSCc1ccccc1F. The van der Waals surface area contributed by atoms with Gasteiger partial charge in [0, 0.05) is 18.3 Å². The zero-order chi connectivity index (χ0) is 22.8. The molecule has 0 bridgehead atoms. The molecule has 2 aromatic rings. The first-order chi connectivity index (χ1) is 14.8. The lowest BCUT2D eigenvalue weighted by molar-refractivity contribution is -0.139. The first-order valence-corrected chi connectivity index (χ1v) is 11.5. The van der Waals surface area contributed by atoms with Crippen LogP contribution in [0.2, 0.25) is 0 Å². The van der Waals surface area contributed by atoms with Gasteiger partial charge in [-0.1, -0.05) is 37.3 Å². The number of thioether (sulfide) groups is 1. The normalized spacial score (nSPS) is 11.8. The second kappa shape index (κ2) is 12.3. The van der Waals surface area contributed by atoms with E-state index in [1.165, 1.54) is 17.8 Å². The van der Waals surface area contributed by atoms with E-state index >= 15 is 0 Å². The second-order valence-corrected chi connectivity index (χ2v) is 8.53. The number of hydrogen-bond donors (Lipinski definition) is 1. The highest BCUT2D eigenvalue weighted by Crippen LogP contribution is 2.20. The zero-order valence-electron chi connectivity index (χ0n) is 18.6. The standard InChI is InChI=1S/C24H31FN2O3S/c1-5-22(24(29)26-17(2)3)27(14-18-9-8-11-20(13-18)30-4)23(28)16-31-15-19-10-6-7-12-21(19)25/h6-13,17,22H,5,14-16H2,1-4H3,(H,26,29)/t22-/m1/s1. The molecule has 0 unspecified atom stereocenters. The van der Waals surface area contributed by atoms with E-state index in [9.17, 15) is 14.0 Å². The van der Waals surface area contributed by atoms with Crippen molar-refractivity contribution in [1.29, 1.82) is 0 Å². The molecule has 1 N–H and O–H groups in total. The van der Waals surface area contributed by atoms with Gasteiger partial charge < -0.3 is 15.0 Å². The van der Waals surface area contributed by atoms with Gasteiger partial charge in [0.25, 0.3) is 0 Å². The number of amides is 2. The van der Waals surface area contributed by atoms with Crippen molar-refractivity contribution in [2.75, 3.05) is 12.9 Å². The topological polar surface area (TPSA) is 58.6 Å². The second-order valence-electron chi connectivity index (χ2n) is 7.54. The number of hydrogen-bond acceptors (Lipinski definition) is 4. The molecule has 0 aliphatic rings. The van der Waals surface area contributed by atoms with E-state index in [2.05, 4.69) is 5.32 Å². The fourth-order valence-electron chi connectivity index (χ4n) is 3.21. The van der Waals surface area contributed by atoms with E-state index in [0.29, 0.717) is 30.0 Å². The van der Waals surface area contributed by atoms with Crippen molar-refractivity contribution in [3.63, 3.8) is 0 Å². The Labute approximate surface area is 188 Å². The maximum Gasteiger partial charge on any atom is 0.243 e. The number of rotatable bonds is 11. The molecule has 168 valence electrons. The molecule has 0 aromatic heterocycles. The van der Waals surface area contributed by atoms with Crippen LogP contribution in [0.15, 0.2) is 48.5 Å². The highest BCUT2D eigenvalue weighted by molar-refractivity contribution is 7.99. The van der Waals surface area contributed by atoms with Crippen molar-refractivity contribution in [3.05, 3.63) is 65.5 Å². The van der Waals surface area contributed by atoms with Crippen LogP contribution in [0.3, 0.4) is 0 Å². The number of benzene rings is 2. The molecule has 0 saturated heterocycles. The molecule has 5 nitrogen and oxygen atoms in total. The summed E-state index contributed by atoms with van der Waals surface area (Å²) in [5.41, 5.74) is 1.44. The van der Waals surface area contributed by atoms with Gasteiger partial charge in [0.05, 0.1) is 12.9 Å². The monoisotopic (exact) mass is 446 g/mol. The number of carbonyl (C=O) groups excluding carboxylic acids is 2. The molecule has 0 aliphatic heterocycles. The van der Waals surface area contributed by atoms with Gasteiger partial charge in [-0.25, -0.2) is 4.39 Å². The summed E-state index contributed by atoms with van der Waals surface area (Å²) >= 11 is 1.34. The summed E-state index contributed by atoms with van der Waals surface area (Å²) in [4.78, 5) is 27.6. The van der Waals surface area contributed by atoms with Crippen LogP contribution < -0.4 is 10.1 Å². The van der Waals surface area contributed by atoms with Gasteiger partial charge in [0.1, 0.15) is 17.6 Å². The summed E-state index contributed by atoms with van der Waals surface area (Å²) < 4.78 is 19.2. The van der Waals surface area contributed by atoms with Crippen LogP contribution in [0.4, 0.5) is 4.39 Å². The van der Waals surface area contributed by atoms with Gasteiger partial charge >= 0.3 is 0 Å². The molecule has 1 atom stereocenters. The maximum atomic E-state index is 13.9. The van der Waals surface area contributed by atoms with Gasteiger partial charge in [0.15, 0.2) is 0 Å². The van der Waals surface area contributed by atoms with E-state index < -0.39 is 6.04 Å². The van der Waals surface area contributed by atoms with E-state index in [-0.39, 0.29) is 29.4 Å². The fraction of sp³-hybridized carbons (Fsp3) is 0.417. The third-order valence-corrected chi connectivity index (χ3v) is 5.71. The molecule has 2 rings (SSSR count). The average molecular weight is 447 g/mol. The first-order valence-electron chi connectivity index (χ1n) is 10.4. The minimum absolute atomic E-state index is 0.0225. The molecule has 2 amide bonds. The van der Waals surface area contributed by atoms with Crippen molar-refractivity contribution < 1.29 is 18.7 Å². The number of ether oxygens (including phenoxy) is 1. The molecule has 0 saturated carbocycles. The molecule has 0 aliphatic carbocycles. The largest absolute Gasteiger partial charge is 0.497 e. The Morgan fingerprint density at radius 1 is 1.16 bits per heavy atom. The van der Waals surface area contributed by atoms with Gasteiger partial charge in [-0.15, -0.1) is 11.8 Å². The summed E-state index contributed by atoms with van der Waals surface area (Å²) in [6, 6.07) is 13.4. The molecule has 31 heavy (non-hydrogen) atoms. The Kier molecular flexibility index (Phi) is 9.85. The Balaban J connectivity index is 2.17. The number of carbonyl (C=O) groups is 2. The van der Waals surface area contributed by atoms with Crippen LogP contribution in [0, 0.1) is 5.82 Å². The Hall–Kier alpha value is -2.54. The van der Waals surface area contributed by atoms with Crippen LogP contribution in [0.1, 0.15) is 38.3 Å². The third kappa shape index (κ3) is 7.58. The molecule has 2 aromatic carbocycles. The van der Waals surface area contributed by atoms with Crippen LogP contribution in [0.25, 0.3) is 0 Å². The van der Waals surface area contributed by atoms with Gasteiger partial charge in [0.2, 0.25) is 11.8 Å². The lowest BCUT2D eigenvalue weighted by atomic mass is 10.1. The van der Waals surface area contributed by atoms with Crippen LogP contribution in [-0.2, 0) is 21.9 Å². The third-order valence-electron chi connectivity index (χ3n) is 4.74. The summed E-state index contributed by atoms with van der Waals surface area (Å²) in [7, 11) is 1.59. The number of halogens is 1. The zero-order valence-corrected chi connectivity index (χ0v) is 19.4. The van der Waals surface area contributed by atoms with Crippen molar-refractivity contribution in [2.24, 2.45) is 0 Å². The molecule has 0 radical (unpaired) electrons. The predicted molar refractivity (Wildman–Crippen MR) is 123 cm³/mol. The fourth-order valence-corrected chi connectivity index (χ4v) is 4.11. The highest BCUT2D eigenvalue weighted by atomic mass is 32.2. The Bertz CT molecular complexity index is 875. The van der Waals surface area contributed by atoms with Crippen molar-refractivity contribution in [1.82, 2.24) is 10.2 Å². The maximum absolute atomic E-state index is 13.9. The summed E-state index contributed by atoms with van der Waals surface area (Å²) in [6.45, 7) is 5.97. The molecular formula is C24H31FN2O3S. The van der Waals surface area contributed by atoms with Gasteiger partial charge in [-0.2, -0.15) is 0 Å². The van der Waals surface area contributed by atoms with E-state index in [1.807, 2.05) is 45.0 Å². The van der Waals surface area contributed by atoms with E-state index in [1.54, 1.807) is 30.2 Å². The minimum Gasteiger partial charge on any atom is -0.497 e. The van der Waals surface area contributed by atoms with Crippen LogP contribution >= 0.6 is 11.8 Å². The van der Waals surface area contributed by atoms with E-state index in [0.717, 1.165) is 5.56 Å². The predicted octanol–water partition coefficient (Wildman–Crippen LogP) is 4.40.